The fourth-order valence-electron chi connectivity index (χ4n) is 1.78. The maximum absolute atomic E-state index is 13.6. The summed E-state index contributed by atoms with van der Waals surface area (Å²) in [6, 6.07) is 7.01. The molecule has 2 nitrogen and oxygen atoms in total. The second-order valence-electron chi connectivity index (χ2n) is 4.48. The average Bonchev–Trinajstić information content (AvgIpc) is 2.28. The second kappa shape index (κ2) is 5.97. The minimum absolute atomic E-state index is 0.0789. The smallest absolute Gasteiger partial charge is 0.127 e. The van der Waals surface area contributed by atoms with Gasteiger partial charge in [-0.1, -0.05) is 25.1 Å². The zero-order valence-corrected chi connectivity index (χ0v) is 10.3. The zero-order chi connectivity index (χ0) is 12.1. The van der Waals surface area contributed by atoms with Crippen molar-refractivity contribution in [2.24, 2.45) is 11.7 Å². The summed E-state index contributed by atoms with van der Waals surface area (Å²) in [5.41, 5.74) is 6.33. The van der Waals surface area contributed by atoms with Crippen molar-refractivity contribution in [3.05, 3.63) is 35.6 Å². The van der Waals surface area contributed by atoms with E-state index in [1.165, 1.54) is 6.07 Å². The van der Waals surface area contributed by atoms with Crippen LogP contribution in [0.5, 0.6) is 0 Å². The molecule has 0 aliphatic rings. The van der Waals surface area contributed by atoms with Crippen LogP contribution in [-0.4, -0.2) is 25.0 Å². The van der Waals surface area contributed by atoms with Gasteiger partial charge in [-0.15, -0.1) is 0 Å². The Labute approximate surface area is 97.3 Å². The van der Waals surface area contributed by atoms with Gasteiger partial charge < -0.3 is 5.73 Å². The molecule has 16 heavy (non-hydrogen) atoms. The number of nitrogens with zero attached hydrogens (tertiary/aromatic N) is 1. The molecule has 0 aromatic heterocycles. The summed E-state index contributed by atoms with van der Waals surface area (Å²) in [6.07, 6.45) is 0. The van der Waals surface area contributed by atoms with Gasteiger partial charge in [-0.3, -0.25) is 4.90 Å². The lowest BCUT2D eigenvalue weighted by Crippen LogP contribution is -2.31. The molecule has 0 fully saturated rings. The Balaban J connectivity index is 2.70. The molecule has 90 valence electrons. The van der Waals surface area contributed by atoms with E-state index in [1.54, 1.807) is 6.07 Å². The van der Waals surface area contributed by atoms with E-state index < -0.39 is 0 Å². The van der Waals surface area contributed by atoms with E-state index in [2.05, 4.69) is 11.8 Å². The van der Waals surface area contributed by atoms with Crippen molar-refractivity contribution in [1.82, 2.24) is 4.90 Å². The first-order valence-electron chi connectivity index (χ1n) is 5.71. The van der Waals surface area contributed by atoms with Crippen molar-refractivity contribution < 1.29 is 4.39 Å². The molecule has 1 aromatic carbocycles. The van der Waals surface area contributed by atoms with Crippen LogP contribution in [0.1, 0.15) is 25.5 Å². The van der Waals surface area contributed by atoms with Crippen molar-refractivity contribution in [2.45, 2.75) is 19.9 Å². The normalized spacial score (nSPS) is 15.1. The van der Waals surface area contributed by atoms with E-state index in [1.807, 2.05) is 26.1 Å². The van der Waals surface area contributed by atoms with E-state index >= 15 is 0 Å². The van der Waals surface area contributed by atoms with Crippen molar-refractivity contribution >= 4 is 0 Å². The van der Waals surface area contributed by atoms with Crippen LogP contribution in [-0.2, 0) is 0 Å². The summed E-state index contributed by atoms with van der Waals surface area (Å²) in [4.78, 5) is 2.13. The van der Waals surface area contributed by atoms with Crippen molar-refractivity contribution in [1.29, 1.82) is 0 Å². The van der Waals surface area contributed by atoms with Gasteiger partial charge >= 0.3 is 0 Å². The Kier molecular flexibility index (Phi) is 4.90. The highest BCUT2D eigenvalue weighted by Gasteiger charge is 2.16. The summed E-state index contributed by atoms with van der Waals surface area (Å²) >= 11 is 0. The van der Waals surface area contributed by atoms with Crippen LogP contribution in [0.3, 0.4) is 0 Å². The Morgan fingerprint density at radius 2 is 1.94 bits per heavy atom. The van der Waals surface area contributed by atoms with Gasteiger partial charge in [0.1, 0.15) is 5.82 Å². The van der Waals surface area contributed by atoms with E-state index in [0.29, 0.717) is 12.5 Å². The molecule has 1 aromatic rings. The number of benzene rings is 1. The third kappa shape index (κ3) is 3.29. The lowest BCUT2D eigenvalue weighted by Gasteiger charge is -2.27. The molecule has 1 rings (SSSR count). The zero-order valence-electron chi connectivity index (χ0n) is 10.3. The predicted octanol–water partition coefficient (Wildman–Crippen LogP) is 2.41. The van der Waals surface area contributed by atoms with Gasteiger partial charge in [0.05, 0.1) is 0 Å². The molecular formula is C13H21FN2. The summed E-state index contributed by atoms with van der Waals surface area (Å²) in [5, 5.41) is 0. The Morgan fingerprint density at radius 1 is 1.31 bits per heavy atom. The van der Waals surface area contributed by atoms with Gasteiger partial charge in [-0.25, -0.2) is 4.39 Å². The molecule has 3 heteroatoms. The molecule has 0 radical (unpaired) electrons. The third-order valence-electron chi connectivity index (χ3n) is 3.02. The molecule has 0 aliphatic heterocycles. The summed E-state index contributed by atoms with van der Waals surface area (Å²) in [6.45, 7) is 5.66. The Hall–Kier alpha value is -0.930. The number of rotatable bonds is 5. The van der Waals surface area contributed by atoms with Gasteiger partial charge in [-0.05, 0) is 32.5 Å². The van der Waals surface area contributed by atoms with Crippen molar-refractivity contribution in [3.63, 3.8) is 0 Å². The van der Waals surface area contributed by atoms with Crippen LogP contribution in [0.2, 0.25) is 0 Å². The predicted molar refractivity (Wildman–Crippen MR) is 65.7 cm³/mol. The molecule has 0 saturated heterocycles. The molecule has 0 heterocycles. The minimum atomic E-state index is -0.137. The maximum Gasteiger partial charge on any atom is 0.127 e. The molecule has 0 spiro atoms. The molecule has 0 amide bonds. The first-order chi connectivity index (χ1) is 7.56. The Bertz CT molecular complexity index is 327. The maximum atomic E-state index is 13.6. The fraction of sp³-hybridized carbons (Fsp3) is 0.538. The molecule has 0 saturated carbocycles. The van der Waals surface area contributed by atoms with Crippen LogP contribution in [0.25, 0.3) is 0 Å². The average molecular weight is 224 g/mol. The van der Waals surface area contributed by atoms with E-state index in [9.17, 15) is 4.39 Å². The number of hydrogen-bond donors (Lipinski definition) is 1. The molecular weight excluding hydrogens is 203 g/mol. The first-order valence-corrected chi connectivity index (χ1v) is 5.71. The SMILES string of the molecule is CC(CN)CN(C)C(C)c1ccccc1F. The lowest BCUT2D eigenvalue weighted by atomic mass is 10.1. The summed E-state index contributed by atoms with van der Waals surface area (Å²) in [5.74, 6) is 0.293. The van der Waals surface area contributed by atoms with Crippen LogP contribution >= 0.6 is 0 Å². The number of nitrogens with two attached hydrogens (primary N) is 1. The van der Waals surface area contributed by atoms with E-state index in [4.69, 9.17) is 5.73 Å². The van der Waals surface area contributed by atoms with Crippen LogP contribution in [0, 0.1) is 11.7 Å². The topological polar surface area (TPSA) is 29.3 Å². The van der Waals surface area contributed by atoms with Crippen molar-refractivity contribution in [2.75, 3.05) is 20.1 Å². The molecule has 2 N–H and O–H groups in total. The molecule has 2 atom stereocenters. The van der Waals surface area contributed by atoms with Crippen molar-refractivity contribution in [3.8, 4) is 0 Å². The van der Waals surface area contributed by atoms with Gasteiger partial charge in [0.2, 0.25) is 0 Å². The van der Waals surface area contributed by atoms with Crippen LogP contribution in [0.4, 0.5) is 4.39 Å². The monoisotopic (exact) mass is 224 g/mol. The fourth-order valence-corrected chi connectivity index (χ4v) is 1.78. The van der Waals surface area contributed by atoms with Gasteiger partial charge in [-0.2, -0.15) is 0 Å². The number of halogens is 1. The quantitative estimate of drug-likeness (QED) is 0.832. The molecule has 2 unspecified atom stereocenters. The van der Waals surface area contributed by atoms with Gasteiger partial charge in [0.25, 0.3) is 0 Å². The molecule has 0 aliphatic carbocycles. The highest BCUT2D eigenvalue weighted by molar-refractivity contribution is 5.20. The van der Waals surface area contributed by atoms with Crippen LogP contribution in [0.15, 0.2) is 24.3 Å². The number of hydrogen-bond acceptors (Lipinski definition) is 2. The van der Waals surface area contributed by atoms with Gasteiger partial charge in [0, 0.05) is 18.2 Å². The second-order valence-corrected chi connectivity index (χ2v) is 4.48. The van der Waals surface area contributed by atoms with Gasteiger partial charge in [0.15, 0.2) is 0 Å². The highest BCUT2D eigenvalue weighted by atomic mass is 19.1. The largest absolute Gasteiger partial charge is 0.330 e. The summed E-state index contributed by atoms with van der Waals surface area (Å²) in [7, 11) is 2.00. The Morgan fingerprint density at radius 3 is 2.50 bits per heavy atom. The van der Waals surface area contributed by atoms with E-state index in [-0.39, 0.29) is 11.9 Å². The highest BCUT2D eigenvalue weighted by Crippen LogP contribution is 2.21. The summed E-state index contributed by atoms with van der Waals surface area (Å²) < 4.78 is 13.6. The van der Waals surface area contributed by atoms with E-state index in [0.717, 1.165) is 12.1 Å². The third-order valence-corrected chi connectivity index (χ3v) is 3.02. The lowest BCUT2D eigenvalue weighted by molar-refractivity contribution is 0.225. The first kappa shape index (κ1) is 13.1. The standard InChI is InChI=1S/C13H21FN2/c1-10(8-15)9-16(3)11(2)12-6-4-5-7-13(12)14/h4-7,10-11H,8-9,15H2,1-3H3. The minimum Gasteiger partial charge on any atom is -0.330 e. The van der Waals surface area contributed by atoms with Crippen LogP contribution < -0.4 is 5.73 Å². The molecule has 0 bridgehead atoms.